The van der Waals surface area contributed by atoms with Gasteiger partial charge in [-0.1, -0.05) is 13.8 Å². The molecule has 0 aromatic heterocycles. The highest BCUT2D eigenvalue weighted by Gasteiger charge is 2.31. The molecule has 0 heterocycles. The molecule has 1 rings (SSSR count). The van der Waals surface area contributed by atoms with Crippen LogP contribution in [0.2, 0.25) is 0 Å². The maximum Gasteiger partial charge on any atom is 0.405 e. The summed E-state index contributed by atoms with van der Waals surface area (Å²) in [7, 11) is 0. The fourth-order valence-electron chi connectivity index (χ4n) is 1.94. The number of nitrogens with one attached hydrogen (secondary N) is 1. The quantitative estimate of drug-likeness (QED) is 0.760. The number of aliphatic hydroxyl groups excluding tert-OH is 1. The lowest BCUT2D eigenvalue weighted by Gasteiger charge is -2.27. The van der Waals surface area contributed by atoms with Gasteiger partial charge in [-0.2, -0.15) is 13.2 Å². The number of benzene rings is 1. The zero-order chi connectivity index (χ0) is 16.0. The third-order valence-corrected chi connectivity index (χ3v) is 2.82. The lowest BCUT2D eigenvalue weighted by Crippen LogP contribution is -2.37. The third kappa shape index (κ3) is 6.31. The third-order valence-electron chi connectivity index (χ3n) is 2.82. The zero-order valence-corrected chi connectivity index (χ0v) is 12.0. The summed E-state index contributed by atoms with van der Waals surface area (Å²) in [6.45, 7) is 2.27. The molecule has 1 aromatic carbocycles. The summed E-state index contributed by atoms with van der Waals surface area (Å²) in [5, 5.41) is 12.0. The summed E-state index contributed by atoms with van der Waals surface area (Å²) in [6, 6.07) is 3.77. The summed E-state index contributed by atoms with van der Waals surface area (Å²) >= 11 is 0. The van der Waals surface area contributed by atoms with Crippen LogP contribution < -0.4 is 10.2 Å². The number of rotatable bonds is 7. The van der Waals surface area contributed by atoms with Crippen LogP contribution >= 0.6 is 0 Å². The molecule has 0 unspecified atom stereocenters. The minimum atomic E-state index is -4.40. The zero-order valence-electron chi connectivity index (χ0n) is 12.0. The molecular formula is C14H20F4N2O. The van der Waals surface area contributed by atoms with Crippen molar-refractivity contribution < 1.29 is 22.7 Å². The summed E-state index contributed by atoms with van der Waals surface area (Å²) < 4.78 is 51.2. The molecule has 0 atom stereocenters. The topological polar surface area (TPSA) is 35.5 Å². The van der Waals surface area contributed by atoms with E-state index >= 15 is 0 Å². The first kappa shape index (κ1) is 17.7. The van der Waals surface area contributed by atoms with Crippen molar-refractivity contribution in [2.24, 2.45) is 0 Å². The van der Waals surface area contributed by atoms with Gasteiger partial charge >= 0.3 is 6.18 Å². The van der Waals surface area contributed by atoms with Gasteiger partial charge in [0.1, 0.15) is 12.4 Å². The highest BCUT2D eigenvalue weighted by molar-refractivity contribution is 5.54. The van der Waals surface area contributed by atoms with Gasteiger partial charge < -0.3 is 15.3 Å². The molecule has 21 heavy (non-hydrogen) atoms. The van der Waals surface area contributed by atoms with Crippen molar-refractivity contribution in [3.63, 3.8) is 0 Å². The number of hydrogen-bond acceptors (Lipinski definition) is 3. The molecule has 120 valence electrons. The molecule has 0 saturated heterocycles. The van der Waals surface area contributed by atoms with Gasteiger partial charge in [0, 0.05) is 24.8 Å². The average Bonchev–Trinajstić information content (AvgIpc) is 2.34. The molecule has 7 heteroatoms. The standard InChI is InChI=1S/C14H20F4N2O/c1-10(2)19-8-11-7-12(15)3-4-13(11)20(5-6-21)9-14(16,17)18/h3-4,7,10,19,21H,5-6,8-9H2,1-2H3. The minimum Gasteiger partial charge on any atom is -0.395 e. The first-order chi connectivity index (χ1) is 9.73. The van der Waals surface area contributed by atoms with Gasteiger partial charge in [-0.25, -0.2) is 4.39 Å². The Bertz CT molecular complexity index is 449. The Morgan fingerprint density at radius 2 is 1.95 bits per heavy atom. The van der Waals surface area contributed by atoms with E-state index in [-0.39, 0.29) is 24.8 Å². The molecule has 0 amide bonds. The number of halogens is 4. The van der Waals surface area contributed by atoms with Crippen molar-refractivity contribution in [2.75, 3.05) is 24.6 Å². The van der Waals surface area contributed by atoms with Crippen LogP contribution in [0.25, 0.3) is 0 Å². The second-order valence-corrected chi connectivity index (χ2v) is 5.07. The van der Waals surface area contributed by atoms with Crippen LogP contribution in [-0.4, -0.2) is 37.0 Å². The van der Waals surface area contributed by atoms with Gasteiger partial charge in [0.05, 0.1) is 6.61 Å². The molecule has 0 fully saturated rings. The van der Waals surface area contributed by atoms with E-state index in [2.05, 4.69) is 5.32 Å². The average molecular weight is 308 g/mol. The summed E-state index contributed by atoms with van der Waals surface area (Å²) in [6.07, 6.45) is -4.40. The second kappa shape index (κ2) is 7.61. The van der Waals surface area contributed by atoms with Crippen LogP contribution in [0.15, 0.2) is 18.2 Å². The van der Waals surface area contributed by atoms with Gasteiger partial charge in [0.2, 0.25) is 0 Å². The van der Waals surface area contributed by atoms with Gasteiger partial charge in [0.15, 0.2) is 0 Å². The molecule has 0 saturated carbocycles. The number of hydrogen-bond donors (Lipinski definition) is 2. The Kier molecular flexibility index (Phi) is 6.42. The molecule has 1 aromatic rings. The minimum absolute atomic E-state index is 0.120. The largest absolute Gasteiger partial charge is 0.405 e. The van der Waals surface area contributed by atoms with E-state index < -0.39 is 25.1 Å². The van der Waals surface area contributed by atoms with E-state index in [1.807, 2.05) is 13.8 Å². The molecule has 0 bridgehead atoms. The van der Waals surface area contributed by atoms with E-state index in [0.29, 0.717) is 5.56 Å². The predicted molar refractivity (Wildman–Crippen MR) is 73.7 cm³/mol. The molecule has 2 N–H and O–H groups in total. The number of aliphatic hydroxyl groups is 1. The molecule has 0 aliphatic rings. The van der Waals surface area contributed by atoms with Crippen LogP contribution in [0.5, 0.6) is 0 Å². The Labute approximate surface area is 121 Å². The monoisotopic (exact) mass is 308 g/mol. The SMILES string of the molecule is CC(C)NCc1cc(F)ccc1N(CCO)CC(F)(F)F. The predicted octanol–water partition coefficient (Wildman–Crippen LogP) is 2.68. The Morgan fingerprint density at radius 1 is 1.29 bits per heavy atom. The molecule has 0 radical (unpaired) electrons. The fraction of sp³-hybridized carbons (Fsp3) is 0.571. The van der Waals surface area contributed by atoms with Crippen LogP contribution in [-0.2, 0) is 6.54 Å². The molecule has 3 nitrogen and oxygen atoms in total. The van der Waals surface area contributed by atoms with Crippen molar-refractivity contribution in [1.82, 2.24) is 5.32 Å². The molecule has 0 spiro atoms. The van der Waals surface area contributed by atoms with E-state index in [9.17, 15) is 17.6 Å². The Morgan fingerprint density at radius 3 is 2.48 bits per heavy atom. The molecular weight excluding hydrogens is 288 g/mol. The van der Waals surface area contributed by atoms with E-state index in [0.717, 1.165) is 11.0 Å². The van der Waals surface area contributed by atoms with Crippen molar-refractivity contribution in [3.05, 3.63) is 29.6 Å². The van der Waals surface area contributed by atoms with E-state index in [4.69, 9.17) is 5.11 Å². The Balaban J connectivity index is 3.05. The normalized spacial score (nSPS) is 12.0. The highest BCUT2D eigenvalue weighted by Crippen LogP contribution is 2.26. The fourth-order valence-corrected chi connectivity index (χ4v) is 1.94. The lowest BCUT2D eigenvalue weighted by atomic mass is 10.1. The summed E-state index contributed by atoms with van der Waals surface area (Å²) in [4.78, 5) is 1.01. The van der Waals surface area contributed by atoms with E-state index in [1.165, 1.54) is 12.1 Å². The lowest BCUT2D eigenvalue weighted by molar-refractivity contribution is -0.119. The van der Waals surface area contributed by atoms with Crippen molar-refractivity contribution >= 4 is 5.69 Å². The van der Waals surface area contributed by atoms with Crippen molar-refractivity contribution in [1.29, 1.82) is 0 Å². The maximum absolute atomic E-state index is 13.3. The van der Waals surface area contributed by atoms with E-state index in [1.54, 1.807) is 0 Å². The summed E-state index contributed by atoms with van der Waals surface area (Å²) in [5.41, 5.74) is 0.706. The first-order valence-electron chi connectivity index (χ1n) is 6.67. The smallest absolute Gasteiger partial charge is 0.395 e. The van der Waals surface area contributed by atoms with Gasteiger partial charge in [0.25, 0.3) is 0 Å². The Hall–Kier alpha value is -1.34. The van der Waals surface area contributed by atoms with Crippen LogP contribution in [0.1, 0.15) is 19.4 Å². The molecule has 0 aliphatic heterocycles. The second-order valence-electron chi connectivity index (χ2n) is 5.07. The van der Waals surface area contributed by atoms with Crippen molar-refractivity contribution in [2.45, 2.75) is 32.6 Å². The summed E-state index contributed by atoms with van der Waals surface area (Å²) in [5.74, 6) is -0.504. The van der Waals surface area contributed by atoms with Crippen LogP contribution in [0, 0.1) is 5.82 Å². The van der Waals surface area contributed by atoms with Gasteiger partial charge in [-0.05, 0) is 23.8 Å². The number of alkyl halides is 3. The van der Waals surface area contributed by atoms with Crippen LogP contribution in [0.3, 0.4) is 0 Å². The van der Waals surface area contributed by atoms with Gasteiger partial charge in [-0.3, -0.25) is 0 Å². The number of anilines is 1. The maximum atomic E-state index is 13.3. The van der Waals surface area contributed by atoms with Crippen molar-refractivity contribution in [3.8, 4) is 0 Å². The molecule has 0 aliphatic carbocycles. The highest BCUT2D eigenvalue weighted by atomic mass is 19.4. The van der Waals surface area contributed by atoms with Gasteiger partial charge in [-0.15, -0.1) is 0 Å². The number of nitrogens with zero attached hydrogens (tertiary/aromatic N) is 1. The van der Waals surface area contributed by atoms with Crippen LogP contribution in [0.4, 0.5) is 23.2 Å². The first-order valence-corrected chi connectivity index (χ1v) is 6.67.